The van der Waals surface area contributed by atoms with Gasteiger partial charge in [-0.25, -0.2) is 0 Å². The van der Waals surface area contributed by atoms with Crippen molar-refractivity contribution in [1.82, 2.24) is 9.47 Å². The first-order valence-electron chi connectivity index (χ1n) is 7.48. The lowest BCUT2D eigenvalue weighted by Crippen LogP contribution is -2.50. The van der Waals surface area contributed by atoms with Gasteiger partial charge in [0.15, 0.2) is 0 Å². The highest BCUT2D eigenvalue weighted by molar-refractivity contribution is 9.10. The van der Waals surface area contributed by atoms with Gasteiger partial charge in [0.1, 0.15) is 11.2 Å². The van der Waals surface area contributed by atoms with Crippen molar-refractivity contribution in [3.63, 3.8) is 0 Å². The fraction of sp³-hybridized carbons (Fsp3) is 0.625. The van der Waals surface area contributed by atoms with E-state index in [9.17, 15) is 10.1 Å². The SMILES string of the molecule is CC(C)n1cc(Br)cc1C(=O)N(C)C1(C#N)CCCCC1. The van der Waals surface area contributed by atoms with Crippen LogP contribution in [-0.4, -0.2) is 28.0 Å². The third-order valence-corrected chi connectivity index (χ3v) is 4.86. The Kier molecular flexibility index (Phi) is 4.77. The first-order valence-corrected chi connectivity index (χ1v) is 8.27. The summed E-state index contributed by atoms with van der Waals surface area (Å²) in [6.07, 6.45) is 6.65. The summed E-state index contributed by atoms with van der Waals surface area (Å²) < 4.78 is 2.85. The molecule has 1 aliphatic carbocycles. The Morgan fingerprint density at radius 2 is 2.05 bits per heavy atom. The second-order valence-corrected chi connectivity index (χ2v) is 7.03. The molecule has 0 radical (unpaired) electrons. The topological polar surface area (TPSA) is 49.0 Å². The first kappa shape index (κ1) is 16.1. The van der Waals surface area contributed by atoms with E-state index in [1.807, 2.05) is 30.7 Å². The van der Waals surface area contributed by atoms with Crippen molar-refractivity contribution < 1.29 is 4.79 Å². The monoisotopic (exact) mass is 351 g/mol. The van der Waals surface area contributed by atoms with Crippen molar-refractivity contribution in [2.45, 2.75) is 57.5 Å². The number of nitrogens with zero attached hydrogens (tertiary/aromatic N) is 3. The lowest BCUT2D eigenvalue weighted by molar-refractivity contribution is 0.0576. The molecule has 4 nitrogen and oxygen atoms in total. The van der Waals surface area contributed by atoms with Crippen LogP contribution in [0.1, 0.15) is 62.5 Å². The Morgan fingerprint density at radius 1 is 1.43 bits per heavy atom. The van der Waals surface area contributed by atoms with Crippen LogP contribution in [-0.2, 0) is 0 Å². The quantitative estimate of drug-likeness (QED) is 0.821. The molecule has 1 aromatic rings. The highest BCUT2D eigenvalue weighted by atomic mass is 79.9. The van der Waals surface area contributed by atoms with E-state index < -0.39 is 5.54 Å². The van der Waals surface area contributed by atoms with Gasteiger partial charge in [-0.1, -0.05) is 19.3 Å². The molecule has 0 aliphatic heterocycles. The summed E-state index contributed by atoms with van der Waals surface area (Å²) in [5.74, 6) is -0.0714. The summed E-state index contributed by atoms with van der Waals surface area (Å²) in [7, 11) is 1.77. The molecule has 2 rings (SSSR count). The molecule has 0 atom stereocenters. The molecule has 0 unspecified atom stereocenters. The number of nitriles is 1. The van der Waals surface area contributed by atoms with Gasteiger partial charge in [-0.05, 0) is 48.7 Å². The van der Waals surface area contributed by atoms with E-state index in [4.69, 9.17) is 0 Å². The minimum absolute atomic E-state index is 0.0714. The zero-order valence-electron chi connectivity index (χ0n) is 12.9. The molecule has 0 N–H and O–H groups in total. The Labute approximate surface area is 134 Å². The second-order valence-electron chi connectivity index (χ2n) is 6.11. The molecule has 21 heavy (non-hydrogen) atoms. The van der Waals surface area contributed by atoms with Gasteiger partial charge in [0.25, 0.3) is 5.91 Å². The van der Waals surface area contributed by atoms with Crippen LogP contribution >= 0.6 is 15.9 Å². The number of carbonyl (C=O) groups is 1. The van der Waals surface area contributed by atoms with Gasteiger partial charge in [0.2, 0.25) is 0 Å². The van der Waals surface area contributed by atoms with E-state index in [1.54, 1.807) is 11.9 Å². The summed E-state index contributed by atoms with van der Waals surface area (Å²) >= 11 is 3.44. The van der Waals surface area contributed by atoms with E-state index in [2.05, 4.69) is 22.0 Å². The average Bonchev–Trinajstić information content (AvgIpc) is 2.88. The molecule has 1 fully saturated rings. The Balaban J connectivity index is 2.33. The number of carbonyl (C=O) groups excluding carboxylic acids is 1. The fourth-order valence-electron chi connectivity index (χ4n) is 3.07. The minimum Gasteiger partial charge on any atom is -0.340 e. The third-order valence-electron chi connectivity index (χ3n) is 4.43. The number of aromatic nitrogens is 1. The van der Waals surface area contributed by atoms with E-state index in [1.165, 1.54) is 0 Å². The van der Waals surface area contributed by atoms with Gasteiger partial charge >= 0.3 is 0 Å². The maximum Gasteiger partial charge on any atom is 0.271 e. The number of rotatable bonds is 3. The molecule has 1 aliphatic rings. The van der Waals surface area contributed by atoms with Crippen molar-refractivity contribution in [3.8, 4) is 6.07 Å². The molecule has 0 saturated heterocycles. The molecule has 5 heteroatoms. The molecule has 1 saturated carbocycles. The average molecular weight is 352 g/mol. The smallest absolute Gasteiger partial charge is 0.271 e. The van der Waals surface area contributed by atoms with Crippen LogP contribution in [0.4, 0.5) is 0 Å². The summed E-state index contributed by atoms with van der Waals surface area (Å²) in [6.45, 7) is 4.09. The third kappa shape index (κ3) is 3.01. The molecule has 0 spiro atoms. The van der Waals surface area contributed by atoms with Crippen LogP contribution in [0.25, 0.3) is 0 Å². The van der Waals surface area contributed by atoms with Gasteiger partial charge in [-0.2, -0.15) is 5.26 Å². The standard InChI is InChI=1S/C16H22BrN3O/c1-12(2)20-10-13(17)9-14(20)15(21)19(3)16(11-18)7-5-4-6-8-16/h9-10,12H,4-8H2,1-3H3. The van der Waals surface area contributed by atoms with Crippen LogP contribution < -0.4 is 0 Å². The van der Waals surface area contributed by atoms with Crippen molar-refractivity contribution in [3.05, 3.63) is 22.4 Å². The molecule has 1 aromatic heterocycles. The number of halogens is 1. The number of hydrogen-bond acceptors (Lipinski definition) is 2. The maximum absolute atomic E-state index is 12.9. The van der Waals surface area contributed by atoms with E-state index in [-0.39, 0.29) is 11.9 Å². The molecule has 1 heterocycles. The van der Waals surface area contributed by atoms with Gasteiger partial charge < -0.3 is 9.47 Å². The van der Waals surface area contributed by atoms with Crippen molar-refractivity contribution in [2.24, 2.45) is 0 Å². The number of amides is 1. The van der Waals surface area contributed by atoms with Gasteiger partial charge in [-0.3, -0.25) is 4.79 Å². The van der Waals surface area contributed by atoms with Gasteiger partial charge in [0.05, 0.1) is 6.07 Å². The van der Waals surface area contributed by atoms with Crippen molar-refractivity contribution in [2.75, 3.05) is 7.05 Å². The van der Waals surface area contributed by atoms with Crippen LogP contribution in [0.2, 0.25) is 0 Å². The predicted octanol–water partition coefficient (Wildman–Crippen LogP) is 4.13. The Bertz CT molecular complexity index is 565. The lowest BCUT2D eigenvalue weighted by atomic mass is 9.81. The normalized spacial score (nSPS) is 17.5. The molecule has 0 bridgehead atoms. The molecule has 114 valence electrons. The summed E-state index contributed by atoms with van der Waals surface area (Å²) in [5, 5.41) is 9.63. The zero-order valence-corrected chi connectivity index (χ0v) is 14.5. The largest absolute Gasteiger partial charge is 0.340 e. The van der Waals surface area contributed by atoms with Gasteiger partial charge in [0, 0.05) is 23.8 Å². The first-order chi connectivity index (χ1) is 9.91. The van der Waals surface area contributed by atoms with E-state index in [0.717, 1.165) is 36.6 Å². The molecule has 0 aromatic carbocycles. The minimum atomic E-state index is -0.645. The highest BCUT2D eigenvalue weighted by Gasteiger charge is 2.39. The predicted molar refractivity (Wildman–Crippen MR) is 86.0 cm³/mol. The van der Waals surface area contributed by atoms with Gasteiger partial charge in [-0.15, -0.1) is 0 Å². The van der Waals surface area contributed by atoms with E-state index in [0.29, 0.717) is 5.69 Å². The van der Waals surface area contributed by atoms with Crippen LogP contribution in [0.3, 0.4) is 0 Å². The summed E-state index contributed by atoms with van der Waals surface area (Å²) in [5.41, 5.74) is -0.00646. The lowest BCUT2D eigenvalue weighted by Gasteiger charge is -2.39. The summed E-state index contributed by atoms with van der Waals surface area (Å²) in [6, 6.07) is 4.45. The zero-order chi connectivity index (χ0) is 15.6. The Morgan fingerprint density at radius 3 is 2.57 bits per heavy atom. The van der Waals surface area contributed by atoms with E-state index >= 15 is 0 Å². The maximum atomic E-state index is 12.9. The second kappa shape index (κ2) is 6.23. The highest BCUT2D eigenvalue weighted by Crippen LogP contribution is 2.34. The molecule has 1 amide bonds. The Hall–Kier alpha value is -1.28. The van der Waals surface area contributed by atoms with Crippen LogP contribution in [0, 0.1) is 11.3 Å². The van der Waals surface area contributed by atoms with Crippen LogP contribution in [0.5, 0.6) is 0 Å². The van der Waals surface area contributed by atoms with Crippen LogP contribution in [0.15, 0.2) is 16.7 Å². The molecular formula is C16H22BrN3O. The van der Waals surface area contributed by atoms with Crippen molar-refractivity contribution >= 4 is 21.8 Å². The number of hydrogen-bond donors (Lipinski definition) is 0. The molecular weight excluding hydrogens is 330 g/mol. The summed E-state index contributed by atoms with van der Waals surface area (Å²) in [4.78, 5) is 14.5. The fourth-order valence-corrected chi connectivity index (χ4v) is 3.51. The van der Waals surface area contributed by atoms with Crippen molar-refractivity contribution in [1.29, 1.82) is 5.26 Å².